The quantitative estimate of drug-likeness (QED) is 0.483. The van der Waals surface area contributed by atoms with Gasteiger partial charge in [-0.2, -0.15) is 0 Å². The molecule has 0 unspecified atom stereocenters. The molecule has 0 saturated carbocycles. The van der Waals surface area contributed by atoms with Gasteiger partial charge in [-0.3, -0.25) is 19.5 Å². The summed E-state index contributed by atoms with van der Waals surface area (Å²) < 4.78 is 13.3. The predicted octanol–water partition coefficient (Wildman–Crippen LogP) is 1.76. The number of guanidine groups is 1. The summed E-state index contributed by atoms with van der Waals surface area (Å²) in [4.78, 5) is 31.3. The highest BCUT2D eigenvalue weighted by Gasteiger charge is 2.25. The Balaban J connectivity index is 1.97. The number of carbonyl (C=O) groups excluding carboxylic acids is 2. The number of hydrogen-bond acceptors (Lipinski definition) is 3. The molecule has 2 amide bonds. The topological polar surface area (TPSA) is 65.0 Å². The minimum absolute atomic E-state index is 0.121. The largest absolute Gasteiger partial charge is 0.357 e. The van der Waals surface area contributed by atoms with Crippen LogP contribution >= 0.6 is 0 Å². The Labute approximate surface area is 147 Å². The molecule has 2 rings (SSSR count). The van der Waals surface area contributed by atoms with Crippen LogP contribution < -0.4 is 5.32 Å². The average molecular weight is 348 g/mol. The number of carbonyl (C=O) groups is 2. The van der Waals surface area contributed by atoms with Gasteiger partial charge in [0.25, 0.3) is 0 Å². The highest BCUT2D eigenvalue weighted by molar-refractivity contribution is 5.97. The van der Waals surface area contributed by atoms with Crippen molar-refractivity contribution in [3.63, 3.8) is 0 Å². The van der Waals surface area contributed by atoms with Gasteiger partial charge < -0.3 is 10.2 Å². The van der Waals surface area contributed by atoms with Crippen LogP contribution in [0.1, 0.15) is 31.7 Å². The molecule has 1 saturated heterocycles. The van der Waals surface area contributed by atoms with Crippen molar-refractivity contribution >= 4 is 17.8 Å². The van der Waals surface area contributed by atoms with Gasteiger partial charge in [-0.25, -0.2) is 4.39 Å². The monoisotopic (exact) mass is 348 g/mol. The number of amides is 2. The van der Waals surface area contributed by atoms with Crippen molar-refractivity contribution in [1.82, 2.24) is 15.1 Å². The van der Waals surface area contributed by atoms with Gasteiger partial charge in [-0.05, 0) is 31.0 Å². The summed E-state index contributed by atoms with van der Waals surface area (Å²) in [5.74, 6) is 0.146. The smallest absolute Gasteiger partial charge is 0.229 e. The first kappa shape index (κ1) is 18.9. The van der Waals surface area contributed by atoms with E-state index in [-0.39, 0.29) is 17.6 Å². The van der Waals surface area contributed by atoms with Crippen molar-refractivity contribution in [2.24, 2.45) is 4.99 Å². The van der Waals surface area contributed by atoms with Crippen molar-refractivity contribution in [3.05, 3.63) is 35.6 Å². The average Bonchev–Trinajstić information content (AvgIpc) is 2.56. The highest BCUT2D eigenvalue weighted by Crippen LogP contribution is 2.11. The first-order chi connectivity index (χ1) is 12.0. The standard InChI is InChI=1S/C18H25FN4O2/c1-3-20-18(22(2)13-14-6-4-7-15(19)12-14)21-10-11-23-16(24)8-5-9-17(23)25/h4,6-7,12H,3,5,8-11,13H2,1-2H3,(H,20,21). The molecular formula is C18H25FN4O2. The maximum absolute atomic E-state index is 13.3. The summed E-state index contributed by atoms with van der Waals surface area (Å²) in [5.41, 5.74) is 0.842. The molecule has 1 N–H and O–H groups in total. The fourth-order valence-corrected chi connectivity index (χ4v) is 2.76. The normalized spacial score (nSPS) is 15.5. The zero-order valence-corrected chi connectivity index (χ0v) is 14.8. The van der Waals surface area contributed by atoms with E-state index in [1.54, 1.807) is 6.07 Å². The van der Waals surface area contributed by atoms with Crippen LogP contribution in [0.5, 0.6) is 0 Å². The van der Waals surface area contributed by atoms with Crippen LogP contribution in [0, 0.1) is 5.82 Å². The number of benzene rings is 1. The van der Waals surface area contributed by atoms with E-state index < -0.39 is 0 Å². The van der Waals surface area contributed by atoms with Gasteiger partial charge in [-0.1, -0.05) is 12.1 Å². The maximum Gasteiger partial charge on any atom is 0.229 e. The van der Waals surface area contributed by atoms with Gasteiger partial charge in [-0.15, -0.1) is 0 Å². The van der Waals surface area contributed by atoms with Gasteiger partial charge in [0, 0.05) is 39.5 Å². The van der Waals surface area contributed by atoms with Gasteiger partial charge in [0.15, 0.2) is 5.96 Å². The van der Waals surface area contributed by atoms with Crippen LogP contribution in [-0.2, 0) is 16.1 Å². The molecular weight excluding hydrogens is 323 g/mol. The lowest BCUT2D eigenvalue weighted by molar-refractivity contribution is -0.147. The molecule has 0 radical (unpaired) electrons. The van der Waals surface area contributed by atoms with Crippen LogP contribution in [0.3, 0.4) is 0 Å². The number of hydrogen-bond donors (Lipinski definition) is 1. The Bertz CT molecular complexity index is 632. The van der Waals surface area contributed by atoms with E-state index in [9.17, 15) is 14.0 Å². The van der Waals surface area contributed by atoms with Crippen molar-refractivity contribution in [3.8, 4) is 0 Å². The fraction of sp³-hybridized carbons (Fsp3) is 0.500. The number of likely N-dealkylation sites (tertiary alicyclic amines) is 1. The number of halogens is 1. The van der Waals surface area contributed by atoms with Crippen LogP contribution in [0.15, 0.2) is 29.3 Å². The van der Waals surface area contributed by atoms with Gasteiger partial charge in [0.05, 0.1) is 6.54 Å². The van der Waals surface area contributed by atoms with E-state index in [1.165, 1.54) is 17.0 Å². The number of piperidine rings is 1. The molecule has 1 aromatic rings. The molecule has 0 atom stereocenters. The second-order valence-corrected chi connectivity index (χ2v) is 6.01. The van der Waals surface area contributed by atoms with Gasteiger partial charge in [0.2, 0.25) is 11.8 Å². The number of rotatable bonds is 6. The first-order valence-electron chi connectivity index (χ1n) is 8.58. The molecule has 1 fully saturated rings. The third kappa shape index (κ3) is 5.55. The highest BCUT2D eigenvalue weighted by atomic mass is 19.1. The number of aliphatic imine (C=N–C) groups is 1. The molecule has 6 nitrogen and oxygen atoms in total. The summed E-state index contributed by atoms with van der Waals surface area (Å²) in [5, 5.41) is 3.17. The molecule has 0 spiro atoms. The summed E-state index contributed by atoms with van der Waals surface area (Å²) in [6, 6.07) is 6.44. The van der Waals surface area contributed by atoms with E-state index in [0.717, 1.165) is 5.56 Å². The molecule has 1 heterocycles. The molecule has 0 aliphatic carbocycles. The summed E-state index contributed by atoms with van der Waals surface area (Å²) >= 11 is 0. The number of imide groups is 1. The molecule has 1 aliphatic rings. The predicted molar refractivity (Wildman–Crippen MR) is 94.4 cm³/mol. The first-order valence-corrected chi connectivity index (χ1v) is 8.58. The second kappa shape index (κ2) is 9.15. The van der Waals surface area contributed by atoms with Crippen molar-refractivity contribution in [1.29, 1.82) is 0 Å². The third-order valence-electron chi connectivity index (χ3n) is 3.97. The van der Waals surface area contributed by atoms with Crippen LogP contribution in [0.2, 0.25) is 0 Å². The molecule has 136 valence electrons. The molecule has 25 heavy (non-hydrogen) atoms. The molecule has 1 aromatic carbocycles. The SMILES string of the molecule is CCNC(=NCCN1C(=O)CCCC1=O)N(C)Cc1cccc(F)c1. The van der Waals surface area contributed by atoms with E-state index in [0.29, 0.717) is 51.4 Å². The van der Waals surface area contributed by atoms with E-state index in [4.69, 9.17) is 0 Å². The van der Waals surface area contributed by atoms with Crippen LogP contribution in [0.4, 0.5) is 4.39 Å². The van der Waals surface area contributed by atoms with E-state index in [1.807, 2.05) is 24.9 Å². The summed E-state index contributed by atoms with van der Waals surface area (Å²) in [6.07, 6.45) is 1.49. The lowest BCUT2D eigenvalue weighted by atomic mass is 10.1. The van der Waals surface area contributed by atoms with E-state index in [2.05, 4.69) is 10.3 Å². The lowest BCUT2D eigenvalue weighted by Crippen LogP contribution is -2.42. The third-order valence-corrected chi connectivity index (χ3v) is 3.97. The number of nitrogens with one attached hydrogen (secondary N) is 1. The van der Waals surface area contributed by atoms with Crippen LogP contribution in [-0.4, -0.2) is 54.3 Å². The minimum atomic E-state index is -0.269. The van der Waals surface area contributed by atoms with E-state index >= 15 is 0 Å². The maximum atomic E-state index is 13.3. The Morgan fingerprint density at radius 2 is 2.04 bits per heavy atom. The Morgan fingerprint density at radius 1 is 1.32 bits per heavy atom. The molecule has 1 aliphatic heterocycles. The number of nitrogens with zero attached hydrogens (tertiary/aromatic N) is 3. The lowest BCUT2D eigenvalue weighted by Gasteiger charge is -2.25. The Kier molecular flexibility index (Phi) is 6.91. The molecule has 7 heteroatoms. The van der Waals surface area contributed by atoms with Crippen molar-refractivity contribution < 1.29 is 14.0 Å². The second-order valence-electron chi connectivity index (χ2n) is 6.01. The fourth-order valence-electron chi connectivity index (χ4n) is 2.76. The molecule has 0 aromatic heterocycles. The Morgan fingerprint density at radius 3 is 2.68 bits per heavy atom. The van der Waals surface area contributed by atoms with Gasteiger partial charge in [0.1, 0.15) is 5.82 Å². The Hall–Kier alpha value is -2.44. The summed E-state index contributed by atoms with van der Waals surface area (Å²) in [7, 11) is 1.86. The zero-order valence-electron chi connectivity index (χ0n) is 14.8. The molecule has 0 bridgehead atoms. The van der Waals surface area contributed by atoms with Crippen molar-refractivity contribution in [2.45, 2.75) is 32.7 Å². The zero-order chi connectivity index (χ0) is 18.2. The minimum Gasteiger partial charge on any atom is -0.357 e. The van der Waals surface area contributed by atoms with Crippen LogP contribution in [0.25, 0.3) is 0 Å². The summed E-state index contributed by atoms with van der Waals surface area (Å²) in [6.45, 7) is 3.79. The van der Waals surface area contributed by atoms with Gasteiger partial charge >= 0.3 is 0 Å². The van der Waals surface area contributed by atoms with Crippen molar-refractivity contribution in [2.75, 3.05) is 26.7 Å².